The SMILES string of the molecule is CC(Sc1cccc(Cl)c1)C(=O)c1ccc(Cl)cc1. The minimum atomic E-state index is -0.167. The summed E-state index contributed by atoms with van der Waals surface area (Å²) in [6, 6.07) is 14.5. The molecule has 0 aliphatic heterocycles. The average molecular weight is 311 g/mol. The van der Waals surface area contributed by atoms with E-state index in [1.807, 2.05) is 31.2 Å². The van der Waals surface area contributed by atoms with Crippen LogP contribution in [0, 0.1) is 0 Å². The van der Waals surface area contributed by atoms with E-state index in [1.54, 1.807) is 24.3 Å². The Morgan fingerprint density at radius 3 is 2.37 bits per heavy atom. The van der Waals surface area contributed by atoms with Crippen molar-refractivity contribution in [2.45, 2.75) is 17.1 Å². The number of rotatable bonds is 4. The molecule has 0 fully saturated rings. The van der Waals surface area contributed by atoms with Gasteiger partial charge in [-0.15, -0.1) is 11.8 Å². The third-order valence-electron chi connectivity index (χ3n) is 2.61. The molecule has 98 valence electrons. The van der Waals surface area contributed by atoms with E-state index in [9.17, 15) is 4.79 Å². The quantitative estimate of drug-likeness (QED) is 0.559. The summed E-state index contributed by atoms with van der Waals surface area (Å²) >= 11 is 13.2. The van der Waals surface area contributed by atoms with E-state index in [4.69, 9.17) is 23.2 Å². The van der Waals surface area contributed by atoms with Crippen molar-refractivity contribution >= 4 is 40.7 Å². The zero-order valence-corrected chi connectivity index (χ0v) is 12.6. The molecule has 1 nitrogen and oxygen atoms in total. The first-order valence-electron chi connectivity index (χ1n) is 5.78. The lowest BCUT2D eigenvalue weighted by atomic mass is 10.1. The Bertz CT molecular complexity index is 581. The Kier molecular flexibility index (Phi) is 4.92. The smallest absolute Gasteiger partial charge is 0.175 e. The fourth-order valence-electron chi connectivity index (χ4n) is 1.65. The van der Waals surface area contributed by atoms with Crippen LogP contribution in [0.4, 0.5) is 0 Å². The van der Waals surface area contributed by atoms with Crippen molar-refractivity contribution in [1.29, 1.82) is 0 Å². The van der Waals surface area contributed by atoms with Gasteiger partial charge < -0.3 is 0 Å². The lowest BCUT2D eigenvalue weighted by Gasteiger charge is -2.10. The van der Waals surface area contributed by atoms with Gasteiger partial charge in [-0.3, -0.25) is 4.79 Å². The summed E-state index contributed by atoms with van der Waals surface area (Å²) in [5, 5.41) is 1.14. The van der Waals surface area contributed by atoms with Crippen LogP contribution in [0.3, 0.4) is 0 Å². The normalized spacial score (nSPS) is 12.2. The number of thioether (sulfide) groups is 1. The van der Waals surface area contributed by atoms with E-state index in [2.05, 4.69) is 0 Å². The van der Waals surface area contributed by atoms with Crippen molar-refractivity contribution in [3.05, 3.63) is 64.1 Å². The molecule has 1 unspecified atom stereocenters. The highest BCUT2D eigenvalue weighted by Crippen LogP contribution is 2.27. The average Bonchev–Trinajstić information content (AvgIpc) is 2.39. The fourth-order valence-corrected chi connectivity index (χ4v) is 3.03. The van der Waals surface area contributed by atoms with Gasteiger partial charge >= 0.3 is 0 Å². The number of Topliss-reactive ketones (excluding diaryl/α,β-unsaturated/α-hetero) is 1. The van der Waals surface area contributed by atoms with Crippen LogP contribution in [0.2, 0.25) is 10.0 Å². The first kappa shape index (κ1) is 14.4. The maximum Gasteiger partial charge on any atom is 0.175 e. The van der Waals surface area contributed by atoms with Crippen LogP contribution >= 0.6 is 35.0 Å². The number of hydrogen-bond acceptors (Lipinski definition) is 2. The predicted molar refractivity (Wildman–Crippen MR) is 82.6 cm³/mol. The number of ketones is 1. The molecule has 1 atom stereocenters. The summed E-state index contributed by atoms with van der Waals surface area (Å²) in [4.78, 5) is 13.2. The molecule has 0 heterocycles. The first-order valence-corrected chi connectivity index (χ1v) is 7.42. The molecule has 2 rings (SSSR count). The Labute approximate surface area is 126 Å². The highest BCUT2D eigenvalue weighted by molar-refractivity contribution is 8.00. The second-order valence-electron chi connectivity index (χ2n) is 4.09. The van der Waals surface area contributed by atoms with Crippen LogP contribution in [-0.2, 0) is 0 Å². The molecule has 0 spiro atoms. The van der Waals surface area contributed by atoms with Crippen molar-refractivity contribution in [3.63, 3.8) is 0 Å². The molecule has 2 aromatic rings. The lowest BCUT2D eigenvalue weighted by Crippen LogP contribution is -2.13. The lowest BCUT2D eigenvalue weighted by molar-refractivity contribution is 0.0994. The van der Waals surface area contributed by atoms with Crippen LogP contribution in [0.1, 0.15) is 17.3 Å². The molecule has 0 saturated heterocycles. The molecule has 0 aromatic heterocycles. The third kappa shape index (κ3) is 4.00. The summed E-state index contributed by atoms with van der Waals surface area (Å²) in [5.41, 5.74) is 0.673. The van der Waals surface area contributed by atoms with Crippen LogP contribution < -0.4 is 0 Å². The van der Waals surface area contributed by atoms with Gasteiger partial charge in [0, 0.05) is 20.5 Å². The Morgan fingerprint density at radius 1 is 1.05 bits per heavy atom. The van der Waals surface area contributed by atoms with Crippen molar-refractivity contribution < 1.29 is 4.79 Å². The van der Waals surface area contributed by atoms with E-state index in [-0.39, 0.29) is 11.0 Å². The number of hydrogen-bond donors (Lipinski definition) is 0. The predicted octanol–water partition coefficient (Wildman–Crippen LogP) is 5.36. The Balaban J connectivity index is 2.09. The Morgan fingerprint density at radius 2 is 1.74 bits per heavy atom. The van der Waals surface area contributed by atoms with Crippen molar-refractivity contribution in [2.24, 2.45) is 0 Å². The van der Waals surface area contributed by atoms with Crippen LogP contribution in [0.5, 0.6) is 0 Å². The summed E-state index contributed by atoms with van der Waals surface area (Å²) < 4.78 is 0. The zero-order valence-electron chi connectivity index (χ0n) is 10.3. The molecule has 0 radical (unpaired) electrons. The van der Waals surface area contributed by atoms with E-state index in [0.717, 1.165) is 4.90 Å². The van der Waals surface area contributed by atoms with Gasteiger partial charge in [-0.05, 0) is 49.4 Å². The molecule has 4 heteroatoms. The topological polar surface area (TPSA) is 17.1 Å². The second kappa shape index (κ2) is 6.47. The monoisotopic (exact) mass is 310 g/mol. The van der Waals surface area contributed by atoms with Crippen molar-refractivity contribution in [3.8, 4) is 0 Å². The zero-order chi connectivity index (χ0) is 13.8. The number of carbonyl (C=O) groups excluding carboxylic acids is 1. The van der Waals surface area contributed by atoms with Gasteiger partial charge in [0.05, 0.1) is 5.25 Å². The van der Waals surface area contributed by atoms with Gasteiger partial charge in [0.1, 0.15) is 0 Å². The third-order valence-corrected chi connectivity index (χ3v) is 4.19. The van der Waals surface area contributed by atoms with E-state index in [1.165, 1.54) is 11.8 Å². The van der Waals surface area contributed by atoms with Gasteiger partial charge in [-0.1, -0.05) is 29.3 Å². The standard InChI is InChI=1S/C15H12Cl2OS/c1-10(19-14-4-2-3-13(17)9-14)15(18)11-5-7-12(16)8-6-11/h2-10H,1H3. The summed E-state index contributed by atoms with van der Waals surface area (Å²) in [6.45, 7) is 1.89. The van der Waals surface area contributed by atoms with Crippen LogP contribution in [0.15, 0.2) is 53.4 Å². The second-order valence-corrected chi connectivity index (χ2v) is 6.38. The van der Waals surface area contributed by atoms with Gasteiger partial charge in [0.15, 0.2) is 5.78 Å². The molecular weight excluding hydrogens is 299 g/mol. The fraction of sp³-hybridized carbons (Fsp3) is 0.133. The number of carbonyl (C=O) groups is 1. The molecule has 2 aromatic carbocycles. The van der Waals surface area contributed by atoms with Crippen LogP contribution in [0.25, 0.3) is 0 Å². The summed E-state index contributed by atoms with van der Waals surface area (Å²) in [6.07, 6.45) is 0. The number of halogens is 2. The molecule has 0 amide bonds. The maximum absolute atomic E-state index is 12.2. The van der Waals surface area contributed by atoms with E-state index < -0.39 is 0 Å². The van der Waals surface area contributed by atoms with Gasteiger partial charge in [-0.25, -0.2) is 0 Å². The molecular formula is C15H12Cl2OS. The van der Waals surface area contributed by atoms with Crippen molar-refractivity contribution in [1.82, 2.24) is 0 Å². The highest BCUT2D eigenvalue weighted by Gasteiger charge is 2.16. The maximum atomic E-state index is 12.2. The Hall–Kier alpha value is -0.960. The molecule has 0 saturated carbocycles. The van der Waals surface area contributed by atoms with Crippen molar-refractivity contribution in [2.75, 3.05) is 0 Å². The highest BCUT2D eigenvalue weighted by atomic mass is 35.5. The number of benzene rings is 2. The van der Waals surface area contributed by atoms with Crippen LogP contribution in [-0.4, -0.2) is 11.0 Å². The first-order chi connectivity index (χ1) is 9.06. The van der Waals surface area contributed by atoms with E-state index >= 15 is 0 Å². The molecule has 0 aliphatic carbocycles. The largest absolute Gasteiger partial charge is 0.293 e. The minimum Gasteiger partial charge on any atom is -0.293 e. The molecule has 19 heavy (non-hydrogen) atoms. The minimum absolute atomic E-state index is 0.0849. The molecule has 0 aliphatic rings. The van der Waals surface area contributed by atoms with Gasteiger partial charge in [-0.2, -0.15) is 0 Å². The van der Waals surface area contributed by atoms with E-state index in [0.29, 0.717) is 15.6 Å². The summed E-state index contributed by atoms with van der Waals surface area (Å²) in [7, 11) is 0. The van der Waals surface area contributed by atoms with Gasteiger partial charge in [0.2, 0.25) is 0 Å². The summed E-state index contributed by atoms with van der Waals surface area (Å²) in [5.74, 6) is 0.0849. The van der Waals surface area contributed by atoms with Gasteiger partial charge in [0.25, 0.3) is 0 Å². The molecule has 0 N–H and O–H groups in total. The molecule has 0 bridgehead atoms.